The lowest BCUT2D eigenvalue weighted by Gasteiger charge is -2.43. The highest BCUT2D eigenvalue weighted by Crippen LogP contribution is 2.33. The molecule has 3 rings (SSSR count). The van der Waals surface area contributed by atoms with Crippen molar-refractivity contribution in [2.24, 2.45) is 9.98 Å². The minimum atomic E-state index is -0.818. The molecule has 0 saturated carbocycles. The van der Waals surface area contributed by atoms with E-state index in [-0.39, 0.29) is 68.7 Å². The van der Waals surface area contributed by atoms with Crippen molar-refractivity contribution < 1.29 is 58.0 Å². The average molecular weight is 1040 g/mol. The molecule has 73 heavy (non-hydrogen) atoms. The number of hydrogen-bond donors (Lipinski definition) is 3. The molecule has 0 aromatic heterocycles. The van der Waals surface area contributed by atoms with Gasteiger partial charge in [-0.15, -0.1) is 0 Å². The summed E-state index contributed by atoms with van der Waals surface area (Å²) in [4.78, 5) is 10.2. The zero-order chi connectivity index (χ0) is 53.4. The van der Waals surface area contributed by atoms with Crippen molar-refractivity contribution >= 4 is 17.4 Å². The van der Waals surface area contributed by atoms with Crippen molar-refractivity contribution in [1.29, 1.82) is 0 Å². The predicted molar refractivity (Wildman–Crippen MR) is 290 cm³/mol. The fraction of sp³-hybridized carbons (Fsp3) is 0.825. The van der Waals surface area contributed by atoms with Gasteiger partial charge in [-0.05, 0) is 87.8 Å². The van der Waals surface area contributed by atoms with Crippen LogP contribution >= 0.6 is 0 Å². The smallest absolute Gasteiger partial charge is 0.233 e. The first-order valence-corrected chi connectivity index (χ1v) is 28.2. The van der Waals surface area contributed by atoms with Gasteiger partial charge in [0.1, 0.15) is 12.7 Å². The van der Waals surface area contributed by atoms with E-state index in [0.29, 0.717) is 70.2 Å². The molecular weight excluding hydrogens is 933 g/mol. The van der Waals surface area contributed by atoms with Crippen molar-refractivity contribution in [2.75, 3.05) is 66.0 Å². The van der Waals surface area contributed by atoms with E-state index in [0.717, 1.165) is 30.5 Å². The number of rotatable bonds is 45. The normalized spacial score (nSPS) is 18.3. The Kier molecular flexibility index (Phi) is 33.5. The number of hydrazine groups is 1. The second-order valence-corrected chi connectivity index (χ2v) is 20.9. The second kappa shape index (κ2) is 37.9. The fourth-order valence-electron chi connectivity index (χ4n) is 8.18. The maximum absolute atomic E-state index is 12.0. The molecule has 1 aromatic rings. The van der Waals surface area contributed by atoms with Gasteiger partial charge in [0.15, 0.2) is 11.7 Å². The number of aliphatic imine (C=N–C) groups is 2. The molecule has 0 spiro atoms. The van der Waals surface area contributed by atoms with Crippen LogP contribution in [0.3, 0.4) is 0 Å². The van der Waals surface area contributed by atoms with Crippen LogP contribution in [0, 0.1) is 0 Å². The van der Waals surface area contributed by atoms with E-state index in [9.17, 15) is 15.3 Å². The van der Waals surface area contributed by atoms with Gasteiger partial charge >= 0.3 is 0 Å². The molecule has 422 valence electrons. The Morgan fingerprint density at radius 1 is 0.452 bits per heavy atom. The van der Waals surface area contributed by atoms with Crippen LogP contribution in [-0.2, 0) is 42.6 Å². The number of aliphatic hydroxyl groups excluding tert-OH is 3. The van der Waals surface area contributed by atoms with Crippen molar-refractivity contribution in [3.05, 3.63) is 41.9 Å². The lowest BCUT2D eigenvalue weighted by Crippen LogP contribution is -2.56. The molecular formula is C57H102N4O12. The van der Waals surface area contributed by atoms with Crippen LogP contribution in [0.2, 0.25) is 0 Å². The summed E-state index contributed by atoms with van der Waals surface area (Å²) in [6.45, 7) is 24.9. The van der Waals surface area contributed by atoms with Gasteiger partial charge in [-0.1, -0.05) is 109 Å². The number of ether oxygens (including phenoxy) is 9. The first kappa shape index (κ1) is 64.5. The van der Waals surface area contributed by atoms with Gasteiger partial charge in [-0.2, -0.15) is 4.99 Å². The van der Waals surface area contributed by atoms with E-state index in [2.05, 4.69) is 6.92 Å². The quantitative estimate of drug-likeness (QED) is 0.0527. The van der Waals surface area contributed by atoms with Crippen molar-refractivity contribution in [1.82, 2.24) is 10.0 Å². The number of aliphatic hydroxyl groups is 3. The predicted octanol–water partition coefficient (Wildman–Crippen LogP) is 10.1. The van der Waals surface area contributed by atoms with Gasteiger partial charge in [0.25, 0.3) is 0 Å². The monoisotopic (exact) mass is 1030 g/mol. The molecule has 16 heteroatoms. The highest BCUT2D eigenvalue weighted by molar-refractivity contribution is 6.16. The second-order valence-electron chi connectivity index (χ2n) is 20.9. The van der Waals surface area contributed by atoms with E-state index >= 15 is 0 Å². The van der Waals surface area contributed by atoms with Crippen molar-refractivity contribution in [3.8, 4) is 0 Å². The van der Waals surface area contributed by atoms with E-state index in [1.54, 1.807) is 13.8 Å². The SMILES string of the molecule is CCCCCCCCCCCCCCCCC(O)C1=Nc2ccccc2C2=NC(OCC(C)OCC(C)OCC(C)OCC(C)OCC(C)O)=CN(CC(C)OCC(C)OCC(C)OCC(C)OCC(C)O)N21. The summed E-state index contributed by atoms with van der Waals surface area (Å²) in [6, 6.07) is 7.89. The summed E-state index contributed by atoms with van der Waals surface area (Å²) in [7, 11) is 0. The van der Waals surface area contributed by atoms with E-state index in [4.69, 9.17) is 52.6 Å². The summed E-state index contributed by atoms with van der Waals surface area (Å²) < 4.78 is 54.1. The lowest BCUT2D eigenvalue weighted by molar-refractivity contribution is -0.0950. The first-order valence-electron chi connectivity index (χ1n) is 28.2. The van der Waals surface area contributed by atoms with Crippen LogP contribution in [0.1, 0.15) is 178 Å². The number of fused-ring (bicyclic) bond motifs is 3. The van der Waals surface area contributed by atoms with Crippen LogP contribution < -0.4 is 0 Å². The fourth-order valence-corrected chi connectivity index (χ4v) is 8.18. The zero-order valence-electron chi connectivity index (χ0n) is 47.2. The molecule has 0 aliphatic carbocycles. The Balaban J connectivity index is 1.62. The summed E-state index contributed by atoms with van der Waals surface area (Å²) in [6.07, 6.45) is 16.9. The van der Waals surface area contributed by atoms with Gasteiger partial charge in [0.2, 0.25) is 5.88 Å². The molecule has 11 unspecified atom stereocenters. The Labute approximate surface area is 441 Å². The van der Waals surface area contributed by atoms with Crippen LogP contribution in [0.5, 0.6) is 0 Å². The number of unbranched alkanes of at least 4 members (excludes halogenated alkanes) is 13. The largest absolute Gasteiger partial charge is 0.474 e. The van der Waals surface area contributed by atoms with E-state index in [1.165, 1.54) is 70.6 Å². The van der Waals surface area contributed by atoms with Gasteiger partial charge in [-0.3, -0.25) is 5.01 Å². The molecule has 0 radical (unpaired) electrons. The van der Waals surface area contributed by atoms with Gasteiger partial charge in [-0.25, -0.2) is 10.0 Å². The number of hydrogen-bond acceptors (Lipinski definition) is 16. The third kappa shape index (κ3) is 28.3. The molecule has 0 amide bonds. The Morgan fingerprint density at radius 2 is 0.836 bits per heavy atom. The molecule has 0 saturated heterocycles. The maximum Gasteiger partial charge on any atom is 0.233 e. The van der Waals surface area contributed by atoms with Crippen LogP contribution in [0.25, 0.3) is 0 Å². The van der Waals surface area contributed by atoms with Gasteiger partial charge in [0, 0.05) is 5.56 Å². The third-order valence-corrected chi connectivity index (χ3v) is 12.5. The van der Waals surface area contributed by atoms with Crippen LogP contribution in [-0.4, -0.2) is 170 Å². The minimum Gasteiger partial charge on any atom is -0.474 e. The number of benzene rings is 1. The molecule has 3 N–H and O–H groups in total. The Bertz CT molecular complexity index is 1670. The first-order chi connectivity index (χ1) is 35.1. The van der Waals surface area contributed by atoms with Crippen LogP contribution in [0.15, 0.2) is 46.3 Å². The Hall–Kier alpha value is -2.74. The molecule has 0 bridgehead atoms. The standard InChI is InChI=1S/C57H102N4O12/c1-12-13-14-15-16-17-18-19-20-21-22-23-24-25-30-54(64)57-58-53-29-27-26-28-52(53)56-59-55(73-41-51(11)72-40-50(10)71-39-49(9)69-37-46(6)66-34-43(3)63)32-60(61(56)57)31-44(4)67-35-47(7)70-38-48(8)68-36-45(5)65-33-42(2)62/h26-29,32,42-51,54,62-64H,12-25,30-31,33-41H2,1-11H3. The molecule has 11 atom stereocenters. The van der Waals surface area contributed by atoms with Crippen molar-refractivity contribution in [2.45, 2.75) is 240 Å². The summed E-state index contributed by atoms with van der Waals surface area (Å²) in [5.74, 6) is 1.55. The summed E-state index contributed by atoms with van der Waals surface area (Å²) in [5, 5.41) is 34.9. The molecule has 2 aliphatic rings. The van der Waals surface area contributed by atoms with E-state index in [1.807, 2.05) is 95.9 Å². The summed E-state index contributed by atoms with van der Waals surface area (Å²) >= 11 is 0. The summed E-state index contributed by atoms with van der Waals surface area (Å²) in [5.41, 5.74) is 1.58. The highest BCUT2D eigenvalue weighted by Gasteiger charge is 2.37. The molecule has 2 heterocycles. The zero-order valence-corrected chi connectivity index (χ0v) is 47.2. The Morgan fingerprint density at radius 3 is 1.27 bits per heavy atom. The van der Waals surface area contributed by atoms with Crippen molar-refractivity contribution in [3.63, 3.8) is 0 Å². The number of para-hydroxylation sites is 1. The topological polar surface area (TPSA) is 175 Å². The van der Waals surface area contributed by atoms with E-state index < -0.39 is 18.3 Å². The number of nitrogens with zero attached hydrogens (tertiary/aromatic N) is 4. The third-order valence-electron chi connectivity index (χ3n) is 12.5. The van der Waals surface area contributed by atoms with Gasteiger partial charge in [0.05, 0.1) is 132 Å². The molecule has 0 fully saturated rings. The average Bonchev–Trinajstić information content (AvgIpc) is 3.37. The van der Waals surface area contributed by atoms with Gasteiger partial charge < -0.3 is 58.0 Å². The minimum absolute atomic E-state index is 0.132. The number of amidine groups is 2. The molecule has 1 aromatic carbocycles. The highest BCUT2D eigenvalue weighted by atomic mass is 16.6. The molecule has 16 nitrogen and oxygen atoms in total. The maximum atomic E-state index is 12.0. The molecule has 2 aliphatic heterocycles. The lowest BCUT2D eigenvalue weighted by atomic mass is 10.0. The van der Waals surface area contributed by atoms with Crippen LogP contribution in [0.4, 0.5) is 5.69 Å².